The average Bonchev–Trinajstić information content (AvgIpc) is 3.31. The van der Waals surface area contributed by atoms with Gasteiger partial charge in [0, 0.05) is 37.7 Å². The number of amides is 2. The first kappa shape index (κ1) is 16.4. The molecule has 4 heteroatoms. The first-order chi connectivity index (χ1) is 12.2. The predicted octanol–water partition coefficient (Wildman–Crippen LogP) is 3.17. The largest absolute Gasteiger partial charge is 0.343 e. The third-order valence-corrected chi connectivity index (χ3v) is 5.90. The Bertz CT molecular complexity index is 689. The van der Waals surface area contributed by atoms with Gasteiger partial charge < -0.3 is 9.80 Å². The Morgan fingerprint density at radius 2 is 1.84 bits per heavy atom. The van der Waals surface area contributed by atoms with Crippen molar-refractivity contribution in [2.24, 2.45) is 11.8 Å². The molecule has 2 aliphatic heterocycles. The third-order valence-electron chi connectivity index (χ3n) is 5.90. The van der Waals surface area contributed by atoms with Crippen LogP contribution in [0.4, 0.5) is 5.69 Å². The molecule has 132 valence electrons. The monoisotopic (exact) mass is 338 g/mol. The van der Waals surface area contributed by atoms with Gasteiger partial charge in [-0.2, -0.15) is 0 Å². The maximum Gasteiger partial charge on any atom is 0.230 e. The van der Waals surface area contributed by atoms with Gasteiger partial charge in [0.05, 0.1) is 0 Å². The molecule has 2 amide bonds. The molecular formula is C21H26N2O2. The third kappa shape index (κ3) is 3.35. The van der Waals surface area contributed by atoms with Crippen molar-refractivity contribution in [1.29, 1.82) is 0 Å². The van der Waals surface area contributed by atoms with Crippen LogP contribution in [0, 0.1) is 11.8 Å². The number of carbonyl (C=O) groups excluding carboxylic acids is 2. The fraction of sp³-hybridized carbons (Fsp3) is 0.524. The first-order valence-electron chi connectivity index (χ1n) is 9.56. The van der Waals surface area contributed by atoms with Crippen LogP contribution < -0.4 is 4.90 Å². The molecule has 1 aromatic rings. The maximum absolute atomic E-state index is 12.9. The second-order valence-electron chi connectivity index (χ2n) is 7.49. The van der Waals surface area contributed by atoms with Crippen molar-refractivity contribution in [3.05, 3.63) is 42.0 Å². The van der Waals surface area contributed by atoms with Gasteiger partial charge in [-0.1, -0.05) is 30.4 Å². The van der Waals surface area contributed by atoms with E-state index in [9.17, 15) is 9.59 Å². The maximum atomic E-state index is 12.9. The van der Waals surface area contributed by atoms with Crippen molar-refractivity contribution in [3.8, 4) is 0 Å². The van der Waals surface area contributed by atoms with Gasteiger partial charge in [-0.25, -0.2) is 0 Å². The van der Waals surface area contributed by atoms with Crippen LogP contribution in [0.25, 0.3) is 0 Å². The summed E-state index contributed by atoms with van der Waals surface area (Å²) in [7, 11) is 0. The molecule has 0 radical (unpaired) electrons. The van der Waals surface area contributed by atoms with Gasteiger partial charge in [0.25, 0.3) is 0 Å². The molecule has 0 N–H and O–H groups in total. The molecule has 4 rings (SSSR count). The molecule has 2 heterocycles. The number of hydrogen-bond acceptors (Lipinski definition) is 2. The zero-order valence-electron chi connectivity index (χ0n) is 14.7. The zero-order chi connectivity index (χ0) is 17.2. The first-order valence-corrected chi connectivity index (χ1v) is 9.56. The summed E-state index contributed by atoms with van der Waals surface area (Å²) in [5.41, 5.74) is 2.35. The fourth-order valence-corrected chi connectivity index (χ4v) is 4.38. The van der Waals surface area contributed by atoms with Crippen LogP contribution in [0.2, 0.25) is 0 Å². The molecule has 1 atom stereocenters. The zero-order valence-corrected chi connectivity index (χ0v) is 14.7. The number of nitrogens with zero attached hydrogens (tertiary/aromatic N) is 2. The van der Waals surface area contributed by atoms with E-state index in [-0.39, 0.29) is 17.7 Å². The van der Waals surface area contributed by atoms with Crippen LogP contribution in [-0.2, 0) is 16.0 Å². The second-order valence-corrected chi connectivity index (χ2v) is 7.49. The van der Waals surface area contributed by atoms with E-state index in [2.05, 4.69) is 18.2 Å². The Morgan fingerprint density at radius 1 is 1.04 bits per heavy atom. The number of likely N-dealkylation sites (tertiary alicyclic amines) is 1. The number of anilines is 1. The van der Waals surface area contributed by atoms with Crippen molar-refractivity contribution < 1.29 is 9.59 Å². The Hall–Kier alpha value is -2.10. The smallest absolute Gasteiger partial charge is 0.230 e. The summed E-state index contributed by atoms with van der Waals surface area (Å²) in [6.45, 7) is 2.24. The van der Waals surface area contributed by atoms with Crippen LogP contribution in [0.15, 0.2) is 36.4 Å². The lowest BCUT2D eigenvalue weighted by molar-refractivity contribution is -0.135. The molecule has 0 aromatic heterocycles. The summed E-state index contributed by atoms with van der Waals surface area (Å²) in [6.07, 6.45) is 9.74. The van der Waals surface area contributed by atoms with Crippen LogP contribution in [0.1, 0.15) is 37.7 Å². The van der Waals surface area contributed by atoms with E-state index in [1.807, 2.05) is 28.0 Å². The van der Waals surface area contributed by atoms with Gasteiger partial charge in [0.2, 0.25) is 11.8 Å². The predicted molar refractivity (Wildman–Crippen MR) is 98.3 cm³/mol. The lowest BCUT2D eigenvalue weighted by Gasteiger charge is -2.33. The van der Waals surface area contributed by atoms with Crippen molar-refractivity contribution >= 4 is 17.5 Å². The van der Waals surface area contributed by atoms with Gasteiger partial charge in [-0.3, -0.25) is 9.59 Å². The van der Waals surface area contributed by atoms with Crippen molar-refractivity contribution in [3.63, 3.8) is 0 Å². The molecule has 1 unspecified atom stereocenters. The molecule has 0 spiro atoms. The summed E-state index contributed by atoms with van der Waals surface area (Å²) in [5, 5.41) is 0. The van der Waals surface area contributed by atoms with E-state index in [1.165, 1.54) is 5.56 Å². The minimum absolute atomic E-state index is 0.0570. The van der Waals surface area contributed by atoms with Gasteiger partial charge in [0.15, 0.2) is 0 Å². The highest BCUT2D eigenvalue weighted by molar-refractivity contribution is 5.97. The van der Waals surface area contributed by atoms with Gasteiger partial charge in [0.1, 0.15) is 0 Å². The topological polar surface area (TPSA) is 40.6 Å². The van der Waals surface area contributed by atoms with E-state index in [0.717, 1.165) is 57.4 Å². The molecule has 0 saturated carbocycles. The Labute approximate surface area is 149 Å². The number of fused-ring (bicyclic) bond motifs is 1. The standard InChI is InChI=1S/C21H26N2O2/c24-20(15-16-5-1-2-6-16)22-12-9-18(10-13-22)21(25)23-14-11-17-7-3-4-8-19(17)23/h1,3-5,7-8,16,18H,2,6,9-15H2. The summed E-state index contributed by atoms with van der Waals surface area (Å²) >= 11 is 0. The van der Waals surface area contributed by atoms with Crippen LogP contribution >= 0.6 is 0 Å². The SMILES string of the molecule is O=C(CC1C=CCC1)N1CCC(C(=O)N2CCc3ccccc32)CC1. The van der Waals surface area contributed by atoms with Gasteiger partial charge in [-0.15, -0.1) is 0 Å². The van der Waals surface area contributed by atoms with Crippen molar-refractivity contribution in [2.75, 3.05) is 24.5 Å². The number of benzene rings is 1. The normalized spacial score (nSPS) is 23.1. The number of allylic oxidation sites excluding steroid dienone is 2. The quantitative estimate of drug-likeness (QED) is 0.794. The molecule has 1 saturated heterocycles. The molecule has 0 bridgehead atoms. The van der Waals surface area contributed by atoms with Crippen LogP contribution in [-0.4, -0.2) is 36.3 Å². The fourth-order valence-electron chi connectivity index (χ4n) is 4.38. The summed E-state index contributed by atoms with van der Waals surface area (Å²) < 4.78 is 0. The molecule has 1 aliphatic carbocycles. The number of rotatable bonds is 3. The molecule has 25 heavy (non-hydrogen) atoms. The lowest BCUT2D eigenvalue weighted by atomic mass is 9.94. The molecule has 4 nitrogen and oxygen atoms in total. The minimum Gasteiger partial charge on any atom is -0.343 e. The number of para-hydroxylation sites is 1. The molecule has 3 aliphatic rings. The van der Waals surface area contributed by atoms with Gasteiger partial charge in [-0.05, 0) is 49.7 Å². The Kier molecular flexibility index (Phi) is 4.60. The van der Waals surface area contributed by atoms with E-state index in [4.69, 9.17) is 0 Å². The number of carbonyl (C=O) groups is 2. The van der Waals surface area contributed by atoms with Crippen LogP contribution in [0.3, 0.4) is 0 Å². The summed E-state index contributed by atoms with van der Waals surface area (Å²) in [4.78, 5) is 29.3. The number of piperidine rings is 1. The Morgan fingerprint density at radius 3 is 2.60 bits per heavy atom. The second kappa shape index (κ2) is 7.03. The van der Waals surface area contributed by atoms with Gasteiger partial charge >= 0.3 is 0 Å². The highest BCUT2D eigenvalue weighted by atomic mass is 16.2. The highest BCUT2D eigenvalue weighted by Gasteiger charge is 2.33. The summed E-state index contributed by atoms with van der Waals surface area (Å²) in [5.74, 6) is 0.985. The van der Waals surface area contributed by atoms with E-state index >= 15 is 0 Å². The highest BCUT2D eigenvalue weighted by Crippen LogP contribution is 2.31. The van der Waals surface area contributed by atoms with Crippen molar-refractivity contribution in [2.45, 2.75) is 38.5 Å². The van der Waals surface area contributed by atoms with E-state index < -0.39 is 0 Å². The average molecular weight is 338 g/mol. The lowest BCUT2D eigenvalue weighted by Crippen LogP contribution is -2.44. The summed E-state index contributed by atoms with van der Waals surface area (Å²) in [6, 6.07) is 8.20. The molecular weight excluding hydrogens is 312 g/mol. The van der Waals surface area contributed by atoms with E-state index in [0.29, 0.717) is 12.3 Å². The Balaban J connectivity index is 1.32. The molecule has 1 fully saturated rings. The van der Waals surface area contributed by atoms with E-state index in [1.54, 1.807) is 0 Å². The van der Waals surface area contributed by atoms with Crippen molar-refractivity contribution in [1.82, 2.24) is 4.90 Å². The number of hydrogen-bond donors (Lipinski definition) is 0. The minimum atomic E-state index is 0.0570. The molecule has 1 aromatic carbocycles. The van der Waals surface area contributed by atoms with Crippen LogP contribution in [0.5, 0.6) is 0 Å².